The summed E-state index contributed by atoms with van der Waals surface area (Å²) in [5.41, 5.74) is 1.61. The van der Waals surface area contributed by atoms with Gasteiger partial charge in [-0.25, -0.2) is 18.0 Å². The number of hydrogen-bond acceptors (Lipinski definition) is 5. The lowest BCUT2D eigenvalue weighted by atomic mass is 10.0. The lowest BCUT2D eigenvalue weighted by molar-refractivity contribution is 0.391. The van der Waals surface area contributed by atoms with Crippen LogP contribution in [0.15, 0.2) is 61.4 Å². The molecular weight excluding hydrogens is 356 g/mol. The SMILES string of the molecule is Cn1c(=O)oc(=O)c2cc(S(=O)(=O)N3CCc4ccccc4C3)ccc21. The molecule has 0 N–H and O–H groups in total. The van der Waals surface area contributed by atoms with Crippen LogP contribution in [0.25, 0.3) is 10.9 Å². The Kier molecular flexibility index (Phi) is 3.82. The van der Waals surface area contributed by atoms with E-state index in [-0.39, 0.29) is 10.3 Å². The van der Waals surface area contributed by atoms with E-state index in [1.165, 1.54) is 34.1 Å². The first-order valence-electron chi connectivity index (χ1n) is 8.09. The van der Waals surface area contributed by atoms with Crippen LogP contribution in [-0.4, -0.2) is 23.8 Å². The van der Waals surface area contributed by atoms with E-state index in [1.807, 2.05) is 24.3 Å². The maximum Gasteiger partial charge on any atom is 0.422 e. The van der Waals surface area contributed by atoms with Crippen molar-refractivity contribution < 1.29 is 12.8 Å². The highest BCUT2D eigenvalue weighted by Gasteiger charge is 2.28. The normalized spacial score (nSPS) is 15.1. The van der Waals surface area contributed by atoms with Crippen molar-refractivity contribution in [2.75, 3.05) is 6.54 Å². The van der Waals surface area contributed by atoms with Gasteiger partial charge < -0.3 is 4.42 Å². The quantitative estimate of drug-likeness (QED) is 0.675. The van der Waals surface area contributed by atoms with Crippen LogP contribution in [0.5, 0.6) is 0 Å². The van der Waals surface area contributed by atoms with E-state index < -0.39 is 21.4 Å². The molecule has 0 aliphatic carbocycles. The summed E-state index contributed by atoms with van der Waals surface area (Å²) in [5, 5.41) is 0.0607. The predicted octanol–water partition coefficient (Wildman–Crippen LogP) is 1.24. The summed E-state index contributed by atoms with van der Waals surface area (Å²) in [4.78, 5) is 23.6. The Hall–Kier alpha value is -2.71. The van der Waals surface area contributed by atoms with Crippen LogP contribution in [0, 0.1) is 0 Å². The standard InChI is InChI=1S/C18H16N2O5S/c1-19-16-7-6-14(10-15(16)17(21)25-18(19)22)26(23,24)20-9-8-12-4-2-3-5-13(12)11-20/h2-7,10H,8-9,11H2,1H3. The Morgan fingerprint density at radius 3 is 2.54 bits per heavy atom. The Bertz CT molecular complexity index is 1240. The molecule has 134 valence electrons. The molecule has 0 saturated carbocycles. The molecule has 0 amide bonds. The Morgan fingerprint density at radius 2 is 1.77 bits per heavy atom. The molecule has 26 heavy (non-hydrogen) atoms. The molecule has 0 spiro atoms. The van der Waals surface area contributed by atoms with Gasteiger partial charge in [0, 0.05) is 20.1 Å². The molecule has 0 unspecified atom stereocenters. The van der Waals surface area contributed by atoms with E-state index >= 15 is 0 Å². The first kappa shape index (κ1) is 16.7. The second-order valence-electron chi connectivity index (χ2n) is 6.25. The molecule has 0 bridgehead atoms. The predicted molar refractivity (Wildman–Crippen MR) is 95.5 cm³/mol. The van der Waals surface area contributed by atoms with Crippen molar-refractivity contribution >= 4 is 20.9 Å². The number of sulfonamides is 1. The summed E-state index contributed by atoms with van der Waals surface area (Å²) >= 11 is 0. The molecule has 2 aromatic carbocycles. The van der Waals surface area contributed by atoms with Crippen LogP contribution in [0.1, 0.15) is 11.1 Å². The van der Waals surface area contributed by atoms with Crippen molar-refractivity contribution in [3.8, 4) is 0 Å². The topological polar surface area (TPSA) is 89.6 Å². The number of nitrogens with zero attached hydrogens (tertiary/aromatic N) is 2. The largest absolute Gasteiger partial charge is 0.422 e. The van der Waals surface area contributed by atoms with Gasteiger partial charge in [0.2, 0.25) is 10.0 Å². The molecule has 8 heteroatoms. The molecule has 1 aliphatic rings. The second-order valence-corrected chi connectivity index (χ2v) is 8.19. The zero-order valence-corrected chi connectivity index (χ0v) is 14.8. The summed E-state index contributed by atoms with van der Waals surface area (Å²) in [5.74, 6) is -0.786. The van der Waals surface area contributed by atoms with Gasteiger partial charge in [0.1, 0.15) is 0 Å². The highest BCUT2D eigenvalue weighted by molar-refractivity contribution is 7.89. The number of rotatable bonds is 2. The van der Waals surface area contributed by atoms with Crippen LogP contribution in [0.3, 0.4) is 0 Å². The van der Waals surface area contributed by atoms with E-state index in [4.69, 9.17) is 0 Å². The van der Waals surface area contributed by atoms with Crippen molar-refractivity contribution in [3.63, 3.8) is 0 Å². The molecule has 1 aromatic heterocycles. The monoisotopic (exact) mass is 372 g/mol. The summed E-state index contributed by atoms with van der Waals surface area (Å²) in [7, 11) is -2.31. The van der Waals surface area contributed by atoms with Crippen molar-refractivity contribution in [2.45, 2.75) is 17.9 Å². The Balaban J connectivity index is 1.80. The summed E-state index contributed by atoms with van der Waals surface area (Å²) in [6, 6.07) is 11.9. The molecule has 0 radical (unpaired) electrons. The van der Waals surface area contributed by atoms with Crippen molar-refractivity contribution in [1.29, 1.82) is 0 Å². The summed E-state index contributed by atoms with van der Waals surface area (Å²) in [6.07, 6.45) is 0.639. The molecule has 0 atom stereocenters. The van der Waals surface area contributed by atoms with Crippen LogP contribution < -0.4 is 11.4 Å². The minimum absolute atomic E-state index is 0.00956. The molecule has 1 aliphatic heterocycles. The van der Waals surface area contributed by atoms with E-state index in [1.54, 1.807) is 0 Å². The first-order chi connectivity index (χ1) is 12.4. The maximum atomic E-state index is 13.0. The molecule has 0 fully saturated rings. The number of hydrogen-bond donors (Lipinski definition) is 0. The van der Waals surface area contributed by atoms with Gasteiger partial charge in [-0.2, -0.15) is 4.31 Å². The number of benzene rings is 2. The van der Waals surface area contributed by atoms with Gasteiger partial charge in [-0.3, -0.25) is 4.57 Å². The second kappa shape index (κ2) is 5.93. The van der Waals surface area contributed by atoms with Crippen LogP contribution >= 0.6 is 0 Å². The van der Waals surface area contributed by atoms with Gasteiger partial charge in [0.05, 0.1) is 15.8 Å². The Morgan fingerprint density at radius 1 is 1.04 bits per heavy atom. The van der Waals surface area contributed by atoms with Gasteiger partial charge in [-0.05, 0) is 35.7 Å². The fraction of sp³-hybridized carbons (Fsp3) is 0.222. The number of aromatic nitrogens is 1. The molecule has 4 rings (SSSR count). The zero-order chi connectivity index (χ0) is 18.5. The van der Waals surface area contributed by atoms with Crippen molar-refractivity contribution in [2.24, 2.45) is 7.05 Å². The van der Waals surface area contributed by atoms with E-state index in [2.05, 4.69) is 4.42 Å². The Labute approximate surface area is 149 Å². The minimum Gasteiger partial charge on any atom is -0.372 e. The third kappa shape index (κ3) is 2.58. The van der Waals surface area contributed by atoms with E-state index in [9.17, 15) is 18.0 Å². The number of fused-ring (bicyclic) bond motifs is 2. The average molecular weight is 372 g/mol. The van der Waals surface area contributed by atoms with Gasteiger partial charge >= 0.3 is 11.4 Å². The van der Waals surface area contributed by atoms with Gasteiger partial charge in [-0.15, -0.1) is 0 Å². The average Bonchev–Trinajstić information content (AvgIpc) is 2.65. The summed E-state index contributed by atoms with van der Waals surface area (Å²) < 4.78 is 33.3. The minimum atomic E-state index is -3.77. The maximum absolute atomic E-state index is 13.0. The van der Waals surface area contributed by atoms with Crippen molar-refractivity contribution in [1.82, 2.24) is 8.87 Å². The molecule has 0 saturated heterocycles. The highest BCUT2D eigenvalue weighted by atomic mass is 32.2. The van der Waals surface area contributed by atoms with Gasteiger partial charge in [0.25, 0.3) is 0 Å². The van der Waals surface area contributed by atoms with Gasteiger partial charge in [-0.1, -0.05) is 24.3 Å². The molecule has 2 heterocycles. The zero-order valence-electron chi connectivity index (χ0n) is 14.0. The third-order valence-electron chi connectivity index (χ3n) is 4.74. The third-order valence-corrected chi connectivity index (χ3v) is 6.58. The molecule has 7 nitrogen and oxygen atoms in total. The number of aryl methyl sites for hydroxylation is 1. The fourth-order valence-corrected chi connectivity index (χ4v) is 4.70. The molecule has 3 aromatic rings. The summed E-state index contributed by atoms with van der Waals surface area (Å²) in [6.45, 7) is 0.664. The lowest BCUT2D eigenvalue weighted by Crippen LogP contribution is -2.36. The van der Waals surface area contributed by atoms with Crippen molar-refractivity contribution in [3.05, 3.63) is 74.6 Å². The van der Waals surface area contributed by atoms with Crippen LogP contribution in [0.2, 0.25) is 0 Å². The fourth-order valence-electron chi connectivity index (χ4n) is 3.26. The van der Waals surface area contributed by atoms with Crippen LogP contribution in [-0.2, 0) is 30.0 Å². The molecular formula is C18H16N2O5S. The highest BCUT2D eigenvalue weighted by Crippen LogP contribution is 2.26. The van der Waals surface area contributed by atoms with Gasteiger partial charge in [0.15, 0.2) is 0 Å². The van der Waals surface area contributed by atoms with Crippen LogP contribution in [0.4, 0.5) is 0 Å². The first-order valence-corrected chi connectivity index (χ1v) is 9.53. The lowest BCUT2D eigenvalue weighted by Gasteiger charge is -2.28. The van der Waals surface area contributed by atoms with E-state index in [0.717, 1.165) is 11.1 Å². The van der Waals surface area contributed by atoms with E-state index in [0.29, 0.717) is 25.0 Å². The smallest absolute Gasteiger partial charge is 0.372 e.